The molecule has 0 aliphatic heterocycles. The molecule has 0 atom stereocenters. The summed E-state index contributed by atoms with van der Waals surface area (Å²) in [4.78, 5) is 19.7. The number of carboxylic acid groups (broad SMARTS) is 1. The molecule has 0 radical (unpaired) electrons. The van der Waals surface area contributed by atoms with Crippen molar-refractivity contribution in [2.24, 2.45) is 0 Å². The van der Waals surface area contributed by atoms with E-state index in [1.807, 2.05) is 19.1 Å². The Hall–Kier alpha value is -2.04. The van der Waals surface area contributed by atoms with Gasteiger partial charge in [-0.3, -0.25) is 4.79 Å². The van der Waals surface area contributed by atoms with Crippen molar-refractivity contribution in [1.29, 1.82) is 0 Å². The molecule has 0 heterocycles. The first-order chi connectivity index (χ1) is 9.63. The lowest BCUT2D eigenvalue weighted by molar-refractivity contribution is -0.139. The van der Waals surface area contributed by atoms with Crippen LogP contribution in [0.4, 0.5) is 0 Å². The van der Waals surface area contributed by atoms with Gasteiger partial charge in [-0.2, -0.15) is 0 Å². The third-order valence-corrected chi connectivity index (χ3v) is 2.30. The van der Waals surface area contributed by atoms with Gasteiger partial charge in [-0.25, -0.2) is 4.79 Å². The summed E-state index contributed by atoms with van der Waals surface area (Å²) in [5.74, 6) is -0.352. The topological polar surface area (TPSA) is 75.6 Å². The molecule has 1 aromatic rings. The van der Waals surface area contributed by atoms with E-state index in [9.17, 15) is 9.59 Å². The molecule has 1 rings (SSSR count). The summed E-state index contributed by atoms with van der Waals surface area (Å²) in [5, 5.41) is 10.9. The second-order valence-electron chi connectivity index (χ2n) is 4.15. The molecule has 0 saturated heterocycles. The third kappa shape index (κ3) is 9.94. The highest BCUT2D eigenvalue weighted by molar-refractivity contribution is 5.68. The molecule has 0 aromatic heterocycles. The fourth-order valence-corrected chi connectivity index (χ4v) is 1.39. The highest BCUT2D eigenvalue weighted by Gasteiger charge is 1.98. The molecule has 1 amide bonds. The van der Waals surface area contributed by atoms with Gasteiger partial charge in [0, 0.05) is 6.54 Å². The molecular weight excluding hydrogens is 258 g/mol. The number of aryl methyl sites for hydroxylation is 1. The quantitative estimate of drug-likeness (QED) is 0.566. The molecular formula is C15H23NO4. The maximum atomic E-state index is 10.2. The van der Waals surface area contributed by atoms with E-state index in [0.29, 0.717) is 12.2 Å². The van der Waals surface area contributed by atoms with Crippen molar-refractivity contribution >= 4 is 12.4 Å². The van der Waals surface area contributed by atoms with Crippen LogP contribution < -0.4 is 10.1 Å². The minimum Gasteiger partial charge on any atom is -0.482 e. The monoisotopic (exact) mass is 281 g/mol. The Bertz CT molecular complexity index is 376. The Labute approximate surface area is 120 Å². The van der Waals surface area contributed by atoms with Crippen molar-refractivity contribution < 1.29 is 19.4 Å². The minimum atomic E-state index is -0.956. The molecule has 0 aliphatic carbocycles. The molecule has 0 bridgehead atoms. The zero-order valence-corrected chi connectivity index (χ0v) is 12.1. The zero-order valence-electron chi connectivity index (χ0n) is 12.1. The molecule has 5 heteroatoms. The van der Waals surface area contributed by atoms with Crippen LogP contribution in [0.25, 0.3) is 0 Å². The summed E-state index contributed by atoms with van der Waals surface area (Å²) < 4.78 is 5.00. The predicted octanol–water partition coefficient (Wildman–Crippen LogP) is 2.24. The van der Waals surface area contributed by atoms with Crippen molar-refractivity contribution in [1.82, 2.24) is 5.32 Å². The Morgan fingerprint density at radius 2 is 1.90 bits per heavy atom. The molecule has 0 spiro atoms. The summed E-state index contributed by atoms with van der Waals surface area (Å²) in [5.41, 5.74) is 1.25. The molecule has 5 nitrogen and oxygen atoms in total. The van der Waals surface area contributed by atoms with Gasteiger partial charge in [0.05, 0.1) is 0 Å². The van der Waals surface area contributed by atoms with Gasteiger partial charge in [0.2, 0.25) is 6.41 Å². The van der Waals surface area contributed by atoms with Crippen molar-refractivity contribution in [2.75, 3.05) is 13.2 Å². The maximum Gasteiger partial charge on any atom is 0.341 e. The van der Waals surface area contributed by atoms with Gasteiger partial charge in [0.25, 0.3) is 0 Å². The maximum absolute atomic E-state index is 10.2. The highest BCUT2D eigenvalue weighted by Crippen LogP contribution is 2.12. The van der Waals surface area contributed by atoms with Crippen LogP contribution >= 0.6 is 0 Å². The smallest absolute Gasteiger partial charge is 0.341 e. The number of rotatable bonds is 8. The number of amides is 1. The molecule has 20 heavy (non-hydrogen) atoms. The second kappa shape index (κ2) is 12.0. The van der Waals surface area contributed by atoms with Crippen LogP contribution in [0, 0.1) is 0 Å². The third-order valence-electron chi connectivity index (χ3n) is 2.30. The Kier molecular flexibility index (Phi) is 10.8. The van der Waals surface area contributed by atoms with E-state index >= 15 is 0 Å². The fraction of sp³-hybridized carbons (Fsp3) is 0.467. The number of nitrogens with one attached hydrogen (secondary N) is 1. The number of ether oxygens (including phenoxy) is 1. The first kappa shape index (κ1) is 18.0. The van der Waals surface area contributed by atoms with Crippen LogP contribution in [-0.4, -0.2) is 30.6 Å². The summed E-state index contributed by atoms with van der Waals surface area (Å²) >= 11 is 0. The first-order valence-electron chi connectivity index (χ1n) is 6.74. The molecule has 0 saturated carbocycles. The standard InChI is InChI=1S/C11H14O3.C4H9NO/c1-2-3-9-4-6-10(7-5-9)14-8-11(12)13;1-2-3-5-4-6/h4-7H,2-3,8H2,1H3,(H,12,13);4H,2-3H2,1H3,(H,5,6). The number of carboxylic acids is 1. The van der Waals surface area contributed by atoms with E-state index in [0.717, 1.165) is 25.8 Å². The highest BCUT2D eigenvalue weighted by atomic mass is 16.5. The van der Waals surface area contributed by atoms with Gasteiger partial charge >= 0.3 is 5.97 Å². The number of carbonyl (C=O) groups is 2. The SMILES string of the molecule is CCCNC=O.CCCc1ccc(OCC(=O)O)cc1. The number of carbonyl (C=O) groups excluding carboxylic acids is 1. The lowest BCUT2D eigenvalue weighted by Crippen LogP contribution is -2.10. The van der Waals surface area contributed by atoms with E-state index in [1.54, 1.807) is 12.1 Å². The Balaban J connectivity index is 0.000000511. The van der Waals surface area contributed by atoms with Gasteiger partial charge in [0.1, 0.15) is 5.75 Å². The van der Waals surface area contributed by atoms with Gasteiger partial charge < -0.3 is 15.2 Å². The number of benzene rings is 1. The van der Waals surface area contributed by atoms with Crippen LogP contribution in [0.5, 0.6) is 5.75 Å². The second-order valence-corrected chi connectivity index (χ2v) is 4.15. The van der Waals surface area contributed by atoms with Crippen LogP contribution in [0.1, 0.15) is 32.3 Å². The minimum absolute atomic E-state index is 0.285. The van der Waals surface area contributed by atoms with Crippen molar-refractivity contribution in [2.45, 2.75) is 33.1 Å². The molecule has 0 aliphatic rings. The largest absolute Gasteiger partial charge is 0.482 e. The van der Waals surface area contributed by atoms with Crippen molar-refractivity contribution in [3.63, 3.8) is 0 Å². The van der Waals surface area contributed by atoms with Crippen LogP contribution in [0.15, 0.2) is 24.3 Å². The van der Waals surface area contributed by atoms with E-state index in [-0.39, 0.29) is 6.61 Å². The zero-order chi connectivity index (χ0) is 15.2. The molecule has 2 N–H and O–H groups in total. The Morgan fingerprint density at radius 3 is 2.30 bits per heavy atom. The van der Waals surface area contributed by atoms with Crippen LogP contribution in [0.2, 0.25) is 0 Å². The van der Waals surface area contributed by atoms with E-state index < -0.39 is 5.97 Å². The molecule has 112 valence electrons. The normalized spacial score (nSPS) is 9.10. The summed E-state index contributed by atoms with van der Waals surface area (Å²) in [7, 11) is 0. The van der Waals surface area contributed by atoms with Crippen molar-refractivity contribution in [3.8, 4) is 5.75 Å². The summed E-state index contributed by atoms with van der Waals surface area (Å²) in [6.45, 7) is 4.64. The van der Waals surface area contributed by atoms with Gasteiger partial charge in [-0.05, 0) is 30.5 Å². The lowest BCUT2D eigenvalue weighted by Gasteiger charge is -2.03. The number of hydrogen-bond acceptors (Lipinski definition) is 3. The first-order valence-corrected chi connectivity index (χ1v) is 6.74. The van der Waals surface area contributed by atoms with Crippen LogP contribution in [-0.2, 0) is 16.0 Å². The summed E-state index contributed by atoms with van der Waals surface area (Å²) in [6.07, 6.45) is 3.87. The number of aliphatic carboxylic acids is 1. The average molecular weight is 281 g/mol. The van der Waals surface area contributed by atoms with E-state index in [2.05, 4.69) is 12.2 Å². The molecule has 0 fully saturated rings. The molecule has 0 unspecified atom stereocenters. The summed E-state index contributed by atoms with van der Waals surface area (Å²) in [6, 6.07) is 7.52. The number of hydrogen-bond donors (Lipinski definition) is 2. The van der Waals surface area contributed by atoms with Gasteiger partial charge in [0.15, 0.2) is 6.61 Å². The van der Waals surface area contributed by atoms with Crippen LogP contribution in [0.3, 0.4) is 0 Å². The molecule has 1 aromatic carbocycles. The van der Waals surface area contributed by atoms with E-state index in [1.165, 1.54) is 5.56 Å². The predicted molar refractivity (Wildman–Crippen MR) is 77.9 cm³/mol. The van der Waals surface area contributed by atoms with Gasteiger partial charge in [-0.15, -0.1) is 0 Å². The van der Waals surface area contributed by atoms with Gasteiger partial charge in [-0.1, -0.05) is 32.4 Å². The lowest BCUT2D eigenvalue weighted by atomic mass is 10.1. The average Bonchev–Trinajstić information content (AvgIpc) is 2.45. The Morgan fingerprint density at radius 1 is 1.25 bits per heavy atom. The fourth-order valence-electron chi connectivity index (χ4n) is 1.39. The van der Waals surface area contributed by atoms with E-state index in [4.69, 9.17) is 9.84 Å². The van der Waals surface area contributed by atoms with Crippen molar-refractivity contribution in [3.05, 3.63) is 29.8 Å².